The Labute approximate surface area is 111 Å². The Morgan fingerprint density at radius 3 is 2.89 bits per heavy atom. The summed E-state index contributed by atoms with van der Waals surface area (Å²) in [4.78, 5) is 14.8. The van der Waals surface area contributed by atoms with Crippen molar-refractivity contribution in [3.8, 4) is 10.6 Å². The number of benzene rings is 1. The second-order valence-corrected chi connectivity index (χ2v) is 4.78. The molecule has 2 rings (SSSR count). The fourth-order valence-electron chi connectivity index (χ4n) is 1.34. The van der Waals surface area contributed by atoms with Crippen LogP contribution in [0.5, 0.6) is 0 Å². The summed E-state index contributed by atoms with van der Waals surface area (Å²) in [5, 5.41) is 11.0. The predicted molar refractivity (Wildman–Crippen MR) is 67.1 cm³/mol. The van der Waals surface area contributed by atoms with Crippen LogP contribution >= 0.6 is 22.9 Å². The molecule has 1 heterocycles. The maximum atomic E-state index is 12.9. The van der Waals surface area contributed by atoms with Crippen LogP contribution in [0.2, 0.25) is 5.02 Å². The van der Waals surface area contributed by atoms with Gasteiger partial charge in [0.05, 0.1) is 10.7 Å². The molecule has 0 amide bonds. The van der Waals surface area contributed by atoms with Crippen LogP contribution in [0.1, 0.15) is 11.7 Å². The lowest BCUT2D eigenvalue weighted by atomic mass is 10.2. The number of halogens is 2. The fourth-order valence-corrected chi connectivity index (χ4v) is 2.55. The van der Waals surface area contributed by atoms with Gasteiger partial charge in [0, 0.05) is 10.9 Å². The standard InChI is InChI=1S/C11H8ClFN2O2S/c12-7-3-5(13)1-2-6(7)10-15-8(4-18-10)9(14)11(16)17/h1-4,9H,14H2,(H,16,17). The first-order valence-corrected chi connectivity index (χ1v) is 6.14. The number of nitrogens with two attached hydrogens (primary N) is 1. The molecule has 94 valence electrons. The maximum absolute atomic E-state index is 12.9. The van der Waals surface area contributed by atoms with Crippen molar-refractivity contribution in [2.24, 2.45) is 5.73 Å². The third kappa shape index (κ3) is 2.50. The number of rotatable bonds is 3. The van der Waals surface area contributed by atoms with Gasteiger partial charge < -0.3 is 10.8 Å². The first-order valence-electron chi connectivity index (χ1n) is 4.88. The molecule has 1 aromatic heterocycles. The topological polar surface area (TPSA) is 76.2 Å². The second-order valence-electron chi connectivity index (χ2n) is 3.52. The molecule has 0 aliphatic rings. The van der Waals surface area contributed by atoms with E-state index in [9.17, 15) is 9.18 Å². The van der Waals surface area contributed by atoms with Gasteiger partial charge in [-0.3, -0.25) is 4.79 Å². The van der Waals surface area contributed by atoms with Crippen molar-refractivity contribution in [2.45, 2.75) is 6.04 Å². The van der Waals surface area contributed by atoms with Gasteiger partial charge in [-0.25, -0.2) is 9.37 Å². The number of aliphatic carboxylic acids is 1. The third-order valence-corrected chi connectivity index (χ3v) is 3.47. The van der Waals surface area contributed by atoms with E-state index in [4.69, 9.17) is 22.4 Å². The van der Waals surface area contributed by atoms with Gasteiger partial charge in [-0.15, -0.1) is 11.3 Å². The highest BCUT2D eigenvalue weighted by Crippen LogP contribution is 2.31. The Balaban J connectivity index is 2.38. The van der Waals surface area contributed by atoms with Crippen molar-refractivity contribution in [1.82, 2.24) is 4.98 Å². The molecule has 2 aromatic rings. The first kappa shape index (κ1) is 12.9. The number of thiazole rings is 1. The lowest BCUT2D eigenvalue weighted by Crippen LogP contribution is -2.20. The highest BCUT2D eigenvalue weighted by atomic mass is 35.5. The Bertz CT molecular complexity index is 602. The van der Waals surface area contributed by atoms with Crippen LogP contribution < -0.4 is 5.73 Å². The lowest BCUT2D eigenvalue weighted by Gasteiger charge is -2.02. The van der Waals surface area contributed by atoms with Crippen molar-refractivity contribution in [1.29, 1.82) is 0 Å². The van der Waals surface area contributed by atoms with Crippen molar-refractivity contribution in [3.63, 3.8) is 0 Å². The summed E-state index contributed by atoms with van der Waals surface area (Å²) in [6, 6.07) is 2.76. The zero-order valence-corrected chi connectivity index (χ0v) is 10.5. The molecule has 0 radical (unpaired) electrons. The molecule has 0 aliphatic carbocycles. The summed E-state index contributed by atoms with van der Waals surface area (Å²) in [5.74, 6) is -1.60. The van der Waals surface area contributed by atoms with Gasteiger partial charge in [0.1, 0.15) is 16.9 Å². The normalized spacial score (nSPS) is 12.4. The molecule has 0 aliphatic heterocycles. The number of hydrogen-bond donors (Lipinski definition) is 2. The summed E-state index contributed by atoms with van der Waals surface area (Å²) in [5.41, 5.74) is 6.24. The first-order chi connectivity index (χ1) is 8.49. The maximum Gasteiger partial charge on any atom is 0.326 e. The van der Waals surface area contributed by atoms with Crippen LogP contribution in [-0.4, -0.2) is 16.1 Å². The van der Waals surface area contributed by atoms with E-state index in [0.717, 1.165) is 0 Å². The minimum absolute atomic E-state index is 0.222. The van der Waals surface area contributed by atoms with E-state index in [0.29, 0.717) is 10.6 Å². The molecule has 3 N–H and O–H groups in total. The van der Waals surface area contributed by atoms with E-state index < -0.39 is 17.8 Å². The third-order valence-electron chi connectivity index (χ3n) is 2.27. The number of carboxylic acid groups (broad SMARTS) is 1. The molecule has 1 atom stereocenters. The van der Waals surface area contributed by atoms with Gasteiger partial charge in [-0.05, 0) is 18.2 Å². The molecule has 0 saturated carbocycles. The van der Waals surface area contributed by atoms with Crippen molar-refractivity contribution in [2.75, 3.05) is 0 Å². The quantitative estimate of drug-likeness (QED) is 0.909. The Hall–Kier alpha value is -1.50. The molecular formula is C11H8ClFN2O2S. The second kappa shape index (κ2) is 5.01. The number of aromatic nitrogens is 1. The molecule has 0 bridgehead atoms. The molecule has 0 saturated heterocycles. The summed E-state index contributed by atoms with van der Waals surface area (Å²) in [7, 11) is 0. The average molecular weight is 287 g/mol. The number of carbonyl (C=O) groups is 1. The summed E-state index contributed by atoms with van der Waals surface area (Å²) >= 11 is 7.10. The average Bonchev–Trinajstić information content (AvgIpc) is 2.77. The molecule has 4 nitrogen and oxygen atoms in total. The fraction of sp³-hybridized carbons (Fsp3) is 0.0909. The van der Waals surface area contributed by atoms with Gasteiger partial charge in [-0.1, -0.05) is 11.6 Å². The van der Waals surface area contributed by atoms with Crippen molar-refractivity contribution >= 4 is 28.9 Å². The van der Waals surface area contributed by atoms with E-state index in [1.54, 1.807) is 5.38 Å². The number of carboxylic acids is 1. The van der Waals surface area contributed by atoms with E-state index in [1.807, 2.05) is 0 Å². The molecule has 0 fully saturated rings. The van der Waals surface area contributed by atoms with Crippen LogP contribution in [-0.2, 0) is 4.79 Å². The Morgan fingerprint density at radius 2 is 2.28 bits per heavy atom. The van der Waals surface area contributed by atoms with Gasteiger partial charge in [-0.2, -0.15) is 0 Å². The van der Waals surface area contributed by atoms with E-state index in [-0.39, 0.29) is 10.7 Å². The predicted octanol–water partition coefficient (Wildman–Crippen LogP) is 2.69. The Kier molecular flexibility index (Phi) is 3.60. The van der Waals surface area contributed by atoms with Crippen LogP contribution in [0.4, 0.5) is 4.39 Å². The summed E-state index contributed by atoms with van der Waals surface area (Å²) in [6.45, 7) is 0. The SMILES string of the molecule is NC(C(=O)O)c1csc(-c2ccc(F)cc2Cl)n1. The van der Waals surface area contributed by atoms with Crippen LogP contribution in [0.3, 0.4) is 0 Å². The number of hydrogen-bond acceptors (Lipinski definition) is 4. The lowest BCUT2D eigenvalue weighted by molar-refractivity contribution is -0.138. The van der Waals surface area contributed by atoms with Crippen molar-refractivity contribution in [3.05, 3.63) is 40.1 Å². The zero-order chi connectivity index (χ0) is 13.3. The molecular weight excluding hydrogens is 279 g/mol. The van der Waals surface area contributed by atoms with Gasteiger partial charge in [0.2, 0.25) is 0 Å². The van der Waals surface area contributed by atoms with E-state index in [1.165, 1.54) is 29.5 Å². The highest BCUT2D eigenvalue weighted by Gasteiger charge is 2.18. The summed E-state index contributed by atoms with van der Waals surface area (Å²) < 4.78 is 12.9. The molecule has 1 aromatic carbocycles. The van der Waals surface area contributed by atoms with Crippen molar-refractivity contribution < 1.29 is 14.3 Å². The van der Waals surface area contributed by atoms with Gasteiger partial charge in [0.15, 0.2) is 0 Å². The van der Waals surface area contributed by atoms with E-state index >= 15 is 0 Å². The van der Waals surface area contributed by atoms with Crippen LogP contribution in [0.15, 0.2) is 23.6 Å². The molecule has 1 unspecified atom stereocenters. The monoisotopic (exact) mass is 286 g/mol. The van der Waals surface area contributed by atoms with Crippen LogP contribution in [0, 0.1) is 5.82 Å². The highest BCUT2D eigenvalue weighted by molar-refractivity contribution is 7.13. The minimum Gasteiger partial charge on any atom is -0.480 e. The smallest absolute Gasteiger partial charge is 0.326 e. The van der Waals surface area contributed by atoms with E-state index in [2.05, 4.69) is 4.98 Å². The molecule has 7 heteroatoms. The molecule has 0 spiro atoms. The van der Waals surface area contributed by atoms with Gasteiger partial charge in [0.25, 0.3) is 0 Å². The minimum atomic E-state index is -1.17. The zero-order valence-electron chi connectivity index (χ0n) is 8.93. The van der Waals surface area contributed by atoms with Crippen LogP contribution in [0.25, 0.3) is 10.6 Å². The molecule has 18 heavy (non-hydrogen) atoms. The Morgan fingerprint density at radius 1 is 1.56 bits per heavy atom. The number of nitrogens with zero attached hydrogens (tertiary/aromatic N) is 1. The largest absolute Gasteiger partial charge is 0.480 e. The summed E-state index contributed by atoms with van der Waals surface area (Å²) in [6.07, 6.45) is 0. The van der Waals surface area contributed by atoms with Gasteiger partial charge >= 0.3 is 5.97 Å².